The number of hydrogen-bond donors (Lipinski definition) is 1. The van der Waals surface area contributed by atoms with Gasteiger partial charge >= 0.3 is 12.0 Å². The van der Waals surface area contributed by atoms with Crippen molar-refractivity contribution in [3.05, 3.63) is 16.1 Å². The molecule has 1 rings (SSSR count). The van der Waals surface area contributed by atoms with Crippen molar-refractivity contribution in [1.82, 2.24) is 15.4 Å². The third-order valence-corrected chi connectivity index (χ3v) is 2.71. The average Bonchev–Trinajstić information content (AvgIpc) is 2.60. The Morgan fingerprint density at radius 1 is 1.44 bits per heavy atom. The molecule has 0 aliphatic rings. The number of aromatic nitrogens is 1. The van der Waals surface area contributed by atoms with E-state index in [1.54, 1.807) is 33.1 Å². The number of carbonyl (C=O) groups is 2. The molecule has 7 heteroatoms. The number of rotatable bonds is 1. The van der Waals surface area contributed by atoms with E-state index in [2.05, 4.69) is 10.4 Å². The monoisotopic (exact) mass is 271 g/mol. The largest absolute Gasteiger partial charge is 0.443 e. The van der Waals surface area contributed by atoms with Crippen LogP contribution in [0.1, 0.15) is 36.3 Å². The Bertz CT molecular complexity index is 451. The highest BCUT2D eigenvalue weighted by Gasteiger charge is 2.21. The molecule has 0 unspecified atom stereocenters. The standard InChI is InChI=1S/C11H17N3O3S/c1-7-6-18-8(12-7)9(15)14(5)13-10(16)17-11(2,3)4/h6H,1-5H3,(H,13,16). The first-order valence-electron chi connectivity index (χ1n) is 5.39. The normalized spacial score (nSPS) is 10.9. The molecule has 100 valence electrons. The highest BCUT2D eigenvalue weighted by molar-refractivity contribution is 7.11. The lowest BCUT2D eigenvalue weighted by molar-refractivity contribution is 0.0334. The highest BCUT2D eigenvalue weighted by atomic mass is 32.1. The van der Waals surface area contributed by atoms with Crippen molar-refractivity contribution in [2.75, 3.05) is 7.05 Å². The number of hydrogen-bond acceptors (Lipinski definition) is 5. The fraction of sp³-hybridized carbons (Fsp3) is 0.545. The molecule has 1 aromatic rings. The molecule has 2 amide bonds. The van der Waals surface area contributed by atoms with E-state index in [1.165, 1.54) is 18.4 Å². The van der Waals surface area contributed by atoms with Gasteiger partial charge in [-0.1, -0.05) is 0 Å². The Hall–Kier alpha value is -1.63. The van der Waals surface area contributed by atoms with E-state index in [0.717, 1.165) is 10.7 Å². The molecule has 6 nitrogen and oxygen atoms in total. The maximum absolute atomic E-state index is 11.9. The van der Waals surface area contributed by atoms with E-state index < -0.39 is 11.7 Å². The number of hydrazine groups is 1. The summed E-state index contributed by atoms with van der Waals surface area (Å²) in [6.07, 6.45) is -0.674. The maximum Gasteiger partial charge on any atom is 0.426 e. The topological polar surface area (TPSA) is 71.5 Å². The Kier molecular flexibility index (Phi) is 4.28. The maximum atomic E-state index is 11.9. The fourth-order valence-electron chi connectivity index (χ4n) is 1.08. The second-order valence-corrected chi connectivity index (χ2v) is 5.63. The van der Waals surface area contributed by atoms with Crippen LogP contribution in [0.5, 0.6) is 0 Å². The first kappa shape index (κ1) is 14.4. The smallest absolute Gasteiger partial charge is 0.426 e. The molecule has 1 N–H and O–H groups in total. The second kappa shape index (κ2) is 5.34. The van der Waals surface area contributed by atoms with Crippen molar-refractivity contribution in [3.63, 3.8) is 0 Å². The molecule has 0 fully saturated rings. The van der Waals surface area contributed by atoms with Gasteiger partial charge in [-0.05, 0) is 27.7 Å². The Balaban J connectivity index is 2.58. The lowest BCUT2D eigenvalue weighted by atomic mass is 10.2. The van der Waals surface area contributed by atoms with Gasteiger partial charge in [-0.25, -0.2) is 20.2 Å². The minimum Gasteiger partial charge on any atom is -0.443 e. The summed E-state index contributed by atoms with van der Waals surface area (Å²) in [7, 11) is 1.45. The van der Waals surface area contributed by atoms with E-state index in [1.807, 2.05) is 0 Å². The molecule has 1 aromatic heterocycles. The van der Waals surface area contributed by atoms with Crippen LogP contribution in [0, 0.1) is 6.92 Å². The van der Waals surface area contributed by atoms with Crippen molar-refractivity contribution in [2.45, 2.75) is 33.3 Å². The fourth-order valence-corrected chi connectivity index (χ4v) is 1.85. The van der Waals surface area contributed by atoms with Crippen molar-refractivity contribution >= 4 is 23.3 Å². The Morgan fingerprint density at radius 2 is 2.06 bits per heavy atom. The van der Waals surface area contributed by atoms with Gasteiger partial charge in [0.25, 0.3) is 0 Å². The van der Waals surface area contributed by atoms with Crippen LogP contribution in [0.25, 0.3) is 0 Å². The molecule has 0 aliphatic carbocycles. The van der Waals surface area contributed by atoms with Crippen molar-refractivity contribution in [2.24, 2.45) is 0 Å². The molecule has 0 aliphatic heterocycles. The van der Waals surface area contributed by atoms with Crippen LogP contribution in [0.2, 0.25) is 0 Å². The predicted octanol–water partition coefficient (Wildman–Crippen LogP) is 1.96. The zero-order valence-corrected chi connectivity index (χ0v) is 11.9. The van der Waals surface area contributed by atoms with E-state index in [4.69, 9.17) is 4.74 Å². The Morgan fingerprint density at radius 3 is 2.50 bits per heavy atom. The molecule has 18 heavy (non-hydrogen) atoms. The summed E-state index contributed by atoms with van der Waals surface area (Å²) in [5.74, 6) is -0.376. The van der Waals surface area contributed by atoms with Crippen LogP contribution in [0.4, 0.5) is 4.79 Å². The summed E-state index contributed by atoms with van der Waals surface area (Å²) >= 11 is 1.23. The van der Waals surface area contributed by atoms with Crippen molar-refractivity contribution in [3.8, 4) is 0 Å². The molecule has 0 saturated heterocycles. The molecule has 1 heterocycles. The quantitative estimate of drug-likeness (QED) is 0.793. The zero-order valence-electron chi connectivity index (χ0n) is 11.1. The summed E-state index contributed by atoms with van der Waals surface area (Å²) in [6, 6.07) is 0. The number of aryl methyl sites for hydroxylation is 1. The van der Waals surface area contributed by atoms with Gasteiger partial charge in [0.2, 0.25) is 0 Å². The first-order chi connectivity index (χ1) is 8.19. The lowest BCUT2D eigenvalue weighted by Gasteiger charge is -2.22. The molecule has 0 radical (unpaired) electrons. The highest BCUT2D eigenvalue weighted by Crippen LogP contribution is 2.11. The average molecular weight is 271 g/mol. The molecular formula is C11H17N3O3S. The van der Waals surface area contributed by atoms with E-state index in [0.29, 0.717) is 5.01 Å². The minimum absolute atomic E-state index is 0.325. The predicted molar refractivity (Wildman–Crippen MR) is 68.3 cm³/mol. The van der Waals surface area contributed by atoms with E-state index >= 15 is 0 Å². The third kappa shape index (κ3) is 4.33. The van der Waals surface area contributed by atoms with Gasteiger partial charge in [-0.2, -0.15) is 0 Å². The first-order valence-corrected chi connectivity index (χ1v) is 6.27. The zero-order chi connectivity index (χ0) is 13.9. The third-order valence-electron chi connectivity index (χ3n) is 1.76. The SMILES string of the molecule is Cc1csc(C(=O)N(C)NC(=O)OC(C)(C)C)n1. The van der Waals surface area contributed by atoms with Gasteiger partial charge in [0, 0.05) is 18.1 Å². The van der Waals surface area contributed by atoms with Gasteiger partial charge in [0.05, 0.1) is 0 Å². The van der Waals surface area contributed by atoms with Crippen LogP contribution in [0.3, 0.4) is 0 Å². The molecule has 0 spiro atoms. The van der Waals surface area contributed by atoms with Gasteiger partial charge in [-0.15, -0.1) is 11.3 Å². The molecule has 0 aromatic carbocycles. The summed E-state index contributed by atoms with van der Waals surface area (Å²) in [5, 5.41) is 3.16. The van der Waals surface area contributed by atoms with Crippen LogP contribution in [-0.4, -0.2) is 34.6 Å². The molecule has 0 saturated carbocycles. The van der Waals surface area contributed by atoms with Crippen LogP contribution in [-0.2, 0) is 4.74 Å². The number of carbonyl (C=O) groups excluding carboxylic acids is 2. The summed E-state index contributed by atoms with van der Waals surface area (Å²) in [4.78, 5) is 27.4. The van der Waals surface area contributed by atoms with Gasteiger partial charge in [0.1, 0.15) is 5.60 Å². The van der Waals surface area contributed by atoms with Gasteiger partial charge < -0.3 is 4.74 Å². The molecule has 0 bridgehead atoms. The summed E-state index contributed by atoms with van der Waals surface area (Å²) < 4.78 is 5.04. The Labute approximate surface area is 110 Å². The van der Waals surface area contributed by atoms with Crippen molar-refractivity contribution in [1.29, 1.82) is 0 Å². The second-order valence-electron chi connectivity index (χ2n) is 4.77. The number of nitrogens with one attached hydrogen (secondary N) is 1. The van der Waals surface area contributed by atoms with E-state index in [9.17, 15) is 9.59 Å². The van der Waals surface area contributed by atoms with Crippen molar-refractivity contribution < 1.29 is 14.3 Å². The summed E-state index contributed by atoms with van der Waals surface area (Å²) in [6.45, 7) is 7.05. The summed E-state index contributed by atoms with van der Waals surface area (Å²) in [5.41, 5.74) is 2.50. The number of ether oxygens (including phenoxy) is 1. The number of nitrogens with zero attached hydrogens (tertiary/aromatic N) is 2. The van der Waals surface area contributed by atoms with Gasteiger partial charge in [-0.3, -0.25) is 4.79 Å². The molecule has 0 atom stereocenters. The van der Waals surface area contributed by atoms with Crippen LogP contribution < -0.4 is 5.43 Å². The van der Waals surface area contributed by atoms with Crippen LogP contribution >= 0.6 is 11.3 Å². The van der Waals surface area contributed by atoms with E-state index in [-0.39, 0.29) is 5.91 Å². The lowest BCUT2D eigenvalue weighted by Crippen LogP contribution is -2.45. The van der Waals surface area contributed by atoms with Gasteiger partial charge in [0.15, 0.2) is 5.01 Å². The minimum atomic E-state index is -0.674. The number of amides is 2. The van der Waals surface area contributed by atoms with Crippen LogP contribution in [0.15, 0.2) is 5.38 Å². The number of thiazole rings is 1. The molecular weight excluding hydrogens is 254 g/mol.